The summed E-state index contributed by atoms with van der Waals surface area (Å²) in [5.74, 6) is 0.0895. The third-order valence-electron chi connectivity index (χ3n) is 6.74. The number of halogens is 1. The van der Waals surface area contributed by atoms with Crippen molar-refractivity contribution in [1.29, 1.82) is 0 Å². The number of hydrogen-bond donors (Lipinski definition) is 0. The number of piperidine rings is 1. The molecule has 164 valence electrons. The van der Waals surface area contributed by atoms with Crippen LogP contribution in [0.25, 0.3) is 0 Å². The van der Waals surface area contributed by atoms with Crippen LogP contribution in [0.4, 0.5) is 9.18 Å². The highest BCUT2D eigenvalue weighted by Crippen LogP contribution is 2.23. The lowest BCUT2D eigenvalue weighted by Gasteiger charge is -2.35. The highest BCUT2D eigenvalue weighted by atomic mass is 19.1. The zero-order valence-corrected chi connectivity index (χ0v) is 17.8. The van der Waals surface area contributed by atoms with Crippen molar-refractivity contribution >= 4 is 11.9 Å². The first kappa shape index (κ1) is 21.1. The molecule has 30 heavy (non-hydrogen) atoms. The SMILES string of the molecule is O=C(C1CCN(C(=O)N2CCCC2)CC1)N1CCCN(Cc2ccccc2F)CC1. The maximum absolute atomic E-state index is 14.0. The number of nitrogens with zero attached hydrogens (tertiary/aromatic N) is 4. The number of hydrogen-bond acceptors (Lipinski definition) is 3. The maximum Gasteiger partial charge on any atom is 0.319 e. The largest absolute Gasteiger partial charge is 0.341 e. The van der Waals surface area contributed by atoms with Gasteiger partial charge in [-0.05, 0) is 38.2 Å². The van der Waals surface area contributed by atoms with Crippen molar-refractivity contribution in [2.45, 2.75) is 38.6 Å². The van der Waals surface area contributed by atoms with Gasteiger partial charge in [0.25, 0.3) is 0 Å². The molecule has 0 unspecified atom stereocenters. The highest BCUT2D eigenvalue weighted by molar-refractivity contribution is 5.80. The van der Waals surface area contributed by atoms with Gasteiger partial charge >= 0.3 is 6.03 Å². The molecule has 3 aliphatic rings. The fourth-order valence-corrected chi connectivity index (χ4v) is 4.90. The number of carbonyl (C=O) groups excluding carboxylic acids is 2. The van der Waals surface area contributed by atoms with Crippen LogP contribution in [0.1, 0.15) is 37.7 Å². The fourth-order valence-electron chi connectivity index (χ4n) is 4.90. The van der Waals surface area contributed by atoms with E-state index in [1.54, 1.807) is 6.07 Å². The summed E-state index contributed by atoms with van der Waals surface area (Å²) in [4.78, 5) is 33.7. The number of rotatable bonds is 3. The van der Waals surface area contributed by atoms with Gasteiger partial charge in [-0.2, -0.15) is 0 Å². The lowest BCUT2D eigenvalue weighted by molar-refractivity contribution is -0.136. The Balaban J connectivity index is 1.25. The lowest BCUT2D eigenvalue weighted by atomic mass is 9.95. The molecule has 0 atom stereocenters. The zero-order chi connectivity index (χ0) is 20.9. The Labute approximate surface area is 178 Å². The van der Waals surface area contributed by atoms with Gasteiger partial charge in [0.05, 0.1) is 0 Å². The van der Waals surface area contributed by atoms with Gasteiger partial charge in [-0.25, -0.2) is 9.18 Å². The van der Waals surface area contributed by atoms with Crippen molar-refractivity contribution in [1.82, 2.24) is 19.6 Å². The van der Waals surface area contributed by atoms with Crippen LogP contribution in [-0.4, -0.2) is 83.9 Å². The summed E-state index contributed by atoms with van der Waals surface area (Å²) in [7, 11) is 0. The molecule has 1 aromatic carbocycles. The van der Waals surface area contributed by atoms with E-state index in [1.165, 1.54) is 6.07 Å². The number of amides is 3. The van der Waals surface area contributed by atoms with Gasteiger partial charge in [-0.1, -0.05) is 18.2 Å². The van der Waals surface area contributed by atoms with Crippen molar-refractivity contribution in [3.05, 3.63) is 35.6 Å². The Bertz CT molecular complexity index is 744. The summed E-state index contributed by atoms with van der Waals surface area (Å²) in [6.45, 7) is 6.79. The van der Waals surface area contributed by atoms with Crippen molar-refractivity contribution in [3.8, 4) is 0 Å². The summed E-state index contributed by atoms with van der Waals surface area (Å²) in [5.41, 5.74) is 0.715. The van der Waals surface area contributed by atoms with Crippen LogP contribution < -0.4 is 0 Å². The molecule has 0 spiro atoms. The topological polar surface area (TPSA) is 47.1 Å². The summed E-state index contributed by atoms with van der Waals surface area (Å²) >= 11 is 0. The molecule has 0 aliphatic carbocycles. The van der Waals surface area contributed by atoms with Crippen LogP contribution in [0.2, 0.25) is 0 Å². The molecule has 7 heteroatoms. The quantitative estimate of drug-likeness (QED) is 0.761. The summed E-state index contributed by atoms with van der Waals surface area (Å²) in [6.07, 6.45) is 4.63. The average molecular weight is 417 g/mol. The van der Waals surface area contributed by atoms with Crippen LogP contribution in [0, 0.1) is 11.7 Å². The molecule has 0 aromatic heterocycles. The normalized spacial score (nSPS) is 21.7. The first-order chi connectivity index (χ1) is 14.6. The predicted octanol–water partition coefficient (Wildman–Crippen LogP) is 2.79. The monoisotopic (exact) mass is 416 g/mol. The average Bonchev–Trinajstić information content (AvgIpc) is 3.21. The smallest absolute Gasteiger partial charge is 0.319 e. The molecule has 3 aliphatic heterocycles. The maximum atomic E-state index is 14.0. The second kappa shape index (κ2) is 9.77. The molecule has 3 amide bonds. The number of likely N-dealkylation sites (tertiary alicyclic amines) is 2. The third-order valence-corrected chi connectivity index (χ3v) is 6.74. The molecule has 0 saturated carbocycles. The molecule has 6 nitrogen and oxygen atoms in total. The Morgan fingerprint density at radius 2 is 1.47 bits per heavy atom. The van der Waals surface area contributed by atoms with E-state index >= 15 is 0 Å². The van der Waals surface area contributed by atoms with E-state index in [0.717, 1.165) is 64.8 Å². The van der Waals surface area contributed by atoms with Gasteiger partial charge in [0.1, 0.15) is 5.82 Å². The summed E-state index contributed by atoms with van der Waals surface area (Å²) in [5, 5.41) is 0. The van der Waals surface area contributed by atoms with Gasteiger partial charge in [0, 0.05) is 70.4 Å². The van der Waals surface area contributed by atoms with Gasteiger partial charge < -0.3 is 14.7 Å². The Morgan fingerprint density at radius 1 is 0.800 bits per heavy atom. The van der Waals surface area contributed by atoms with Crippen LogP contribution in [0.3, 0.4) is 0 Å². The first-order valence-electron chi connectivity index (χ1n) is 11.4. The minimum Gasteiger partial charge on any atom is -0.341 e. The minimum atomic E-state index is -0.162. The van der Waals surface area contributed by atoms with E-state index in [2.05, 4.69) is 4.90 Å². The Kier molecular flexibility index (Phi) is 6.87. The van der Waals surface area contributed by atoms with Crippen LogP contribution >= 0.6 is 0 Å². The van der Waals surface area contributed by atoms with E-state index in [4.69, 9.17) is 0 Å². The molecule has 4 rings (SSSR count). The molecule has 3 saturated heterocycles. The number of benzene rings is 1. The summed E-state index contributed by atoms with van der Waals surface area (Å²) in [6, 6.07) is 7.07. The fraction of sp³-hybridized carbons (Fsp3) is 0.652. The molecular formula is C23H33FN4O2. The minimum absolute atomic E-state index is 0.0192. The van der Waals surface area contributed by atoms with E-state index < -0.39 is 0 Å². The second-order valence-electron chi connectivity index (χ2n) is 8.78. The Hall–Kier alpha value is -2.15. The van der Waals surface area contributed by atoms with Gasteiger partial charge in [0.15, 0.2) is 0 Å². The number of carbonyl (C=O) groups is 2. The molecular weight excluding hydrogens is 383 g/mol. The molecule has 0 N–H and O–H groups in total. The van der Waals surface area contributed by atoms with Crippen molar-refractivity contribution in [2.24, 2.45) is 5.92 Å². The molecule has 1 aromatic rings. The molecule has 3 heterocycles. The van der Waals surface area contributed by atoms with E-state index in [-0.39, 0.29) is 23.7 Å². The highest BCUT2D eigenvalue weighted by Gasteiger charge is 2.33. The van der Waals surface area contributed by atoms with Crippen LogP contribution in [0.5, 0.6) is 0 Å². The predicted molar refractivity (Wildman–Crippen MR) is 113 cm³/mol. The molecule has 0 bridgehead atoms. The van der Waals surface area contributed by atoms with Gasteiger partial charge in [-0.15, -0.1) is 0 Å². The van der Waals surface area contributed by atoms with Crippen molar-refractivity contribution in [2.75, 3.05) is 52.4 Å². The van der Waals surface area contributed by atoms with E-state index in [0.29, 0.717) is 31.7 Å². The lowest BCUT2D eigenvalue weighted by Crippen LogP contribution is -2.48. The Morgan fingerprint density at radius 3 is 2.20 bits per heavy atom. The third kappa shape index (κ3) is 4.94. The zero-order valence-electron chi connectivity index (χ0n) is 17.8. The first-order valence-corrected chi connectivity index (χ1v) is 11.4. The standard InChI is InChI=1S/C23H33FN4O2/c24-21-7-2-1-6-20(21)18-25-10-5-13-26(17-16-25)22(29)19-8-14-28(15-9-19)23(30)27-11-3-4-12-27/h1-2,6-7,19H,3-5,8-18H2. The number of urea groups is 1. The summed E-state index contributed by atoms with van der Waals surface area (Å²) < 4.78 is 14.0. The van der Waals surface area contributed by atoms with Gasteiger partial charge in [-0.3, -0.25) is 9.69 Å². The molecule has 0 radical (unpaired) electrons. The van der Waals surface area contributed by atoms with Crippen molar-refractivity contribution in [3.63, 3.8) is 0 Å². The van der Waals surface area contributed by atoms with Gasteiger partial charge in [0.2, 0.25) is 5.91 Å². The second-order valence-corrected chi connectivity index (χ2v) is 8.78. The van der Waals surface area contributed by atoms with Crippen LogP contribution in [0.15, 0.2) is 24.3 Å². The van der Waals surface area contributed by atoms with E-state index in [1.807, 2.05) is 26.8 Å². The van der Waals surface area contributed by atoms with E-state index in [9.17, 15) is 14.0 Å². The van der Waals surface area contributed by atoms with Crippen molar-refractivity contribution < 1.29 is 14.0 Å². The molecule has 3 fully saturated rings. The van der Waals surface area contributed by atoms with Crippen LogP contribution in [-0.2, 0) is 11.3 Å².